The first kappa shape index (κ1) is 12.4. The Morgan fingerprint density at radius 3 is 2.32 bits per heavy atom. The van der Waals surface area contributed by atoms with E-state index in [2.05, 4.69) is 24.3 Å². The lowest BCUT2D eigenvalue weighted by atomic mass is 9.91. The minimum absolute atomic E-state index is 0.0949. The highest BCUT2D eigenvalue weighted by atomic mass is 19.1. The Labute approximate surface area is 113 Å². The van der Waals surface area contributed by atoms with Crippen LogP contribution >= 0.6 is 0 Å². The third-order valence-corrected chi connectivity index (χ3v) is 4.17. The Morgan fingerprint density at radius 1 is 1.11 bits per heavy atom. The average molecular weight is 255 g/mol. The molecular formula is C17H18FN. The van der Waals surface area contributed by atoms with E-state index < -0.39 is 0 Å². The van der Waals surface area contributed by atoms with Gasteiger partial charge in [-0.3, -0.25) is 0 Å². The van der Waals surface area contributed by atoms with Crippen molar-refractivity contribution in [1.82, 2.24) is 0 Å². The summed E-state index contributed by atoms with van der Waals surface area (Å²) in [5, 5.41) is 0. The highest BCUT2D eigenvalue weighted by Crippen LogP contribution is 2.34. The quantitative estimate of drug-likeness (QED) is 0.872. The van der Waals surface area contributed by atoms with Gasteiger partial charge < -0.3 is 5.73 Å². The molecule has 0 aliphatic heterocycles. The monoisotopic (exact) mass is 255 g/mol. The number of hydrogen-bond acceptors (Lipinski definition) is 1. The molecule has 0 spiro atoms. The summed E-state index contributed by atoms with van der Waals surface area (Å²) in [4.78, 5) is 0. The lowest BCUT2D eigenvalue weighted by molar-refractivity contribution is 0.451. The molecule has 0 radical (unpaired) electrons. The molecule has 2 aromatic carbocycles. The lowest BCUT2D eigenvalue weighted by Crippen LogP contribution is -2.22. The molecule has 0 saturated heterocycles. The van der Waals surface area contributed by atoms with Crippen molar-refractivity contribution in [3.05, 3.63) is 70.5 Å². The van der Waals surface area contributed by atoms with Crippen molar-refractivity contribution in [3.8, 4) is 0 Å². The summed E-state index contributed by atoms with van der Waals surface area (Å²) in [6.45, 7) is 1.77. The number of rotatable bonds is 2. The molecule has 1 aliphatic carbocycles. The SMILES string of the molecule is Cc1ccc(C(N)C2Cc3ccccc3C2)cc1F. The number of fused-ring (bicyclic) bond motifs is 1. The Balaban J connectivity index is 1.82. The molecule has 0 saturated carbocycles. The maximum absolute atomic E-state index is 13.6. The predicted octanol–water partition coefficient (Wildman–Crippen LogP) is 3.55. The number of nitrogens with two attached hydrogens (primary N) is 1. The topological polar surface area (TPSA) is 26.0 Å². The fourth-order valence-corrected chi connectivity index (χ4v) is 2.94. The van der Waals surface area contributed by atoms with Crippen molar-refractivity contribution in [1.29, 1.82) is 0 Å². The maximum atomic E-state index is 13.6. The molecule has 2 aromatic rings. The Morgan fingerprint density at radius 2 is 1.74 bits per heavy atom. The smallest absolute Gasteiger partial charge is 0.126 e. The van der Waals surface area contributed by atoms with Crippen molar-refractivity contribution in [3.63, 3.8) is 0 Å². The first-order chi connectivity index (χ1) is 9.15. The fourth-order valence-electron chi connectivity index (χ4n) is 2.94. The van der Waals surface area contributed by atoms with Crippen LogP contribution in [0, 0.1) is 18.7 Å². The summed E-state index contributed by atoms with van der Waals surface area (Å²) in [6.07, 6.45) is 1.99. The van der Waals surface area contributed by atoms with Crippen molar-refractivity contribution in [2.24, 2.45) is 11.7 Å². The molecule has 1 aliphatic rings. The zero-order chi connectivity index (χ0) is 13.4. The highest BCUT2D eigenvalue weighted by molar-refractivity contribution is 5.34. The molecule has 19 heavy (non-hydrogen) atoms. The first-order valence-electron chi connectivity index (χ1n) is 6.73. The second-order valence-corrected chi connectivity index (χ2v) is 5.47. The van der Waals surface area contributed by atoms with Crippen molar-refractivity contribution < 1.29 is 4.39 Å². The standard InChI is InChI=1S/C17H18FN/c1-11-6-7-14(10-16(11)18)17(19)15-8-12-4-2-3-5-13(12)9-15/h2-7,10,15,17H,8-9,19H2,1H3. The largest absolute Gasteiger partial charge is 0.324 e. The Bertz CT molecular complexity index is 581. The van der Waals surface area contributed by atoms with Crippen molar-refractivity contribution >= 4 is 0 Å². The zero-order valence-electron chi connectivity index (χ0n) is 11.1. The van der Waals surface area contributed by atoms with Gasteiger partial charge in [0.2, 0.25) is 0 Å². The van der Waals surface area contributed by atoms with Crippen LogP contribution in [-0.4, -0.2) is 0 Å². The fraction of sp³-hybridized carbons (Fsp3) is 0.294. The van der Waals surface area contributed by atoms with Crippen LogP contribution in [0.3, 0.4) is 0 Å². The molecule has 0 fully saturated rings. The summed E-state index contributed by atoms with van der Waals surface area (Å²) >= 11 is 0. The van der Waals surface area contributed by atoms with Gasteiger partial charge in [0.05, 0.1) is 0 Å². The van der Waals surface area contributed by atoms with Gasteiger partial charge in [-0.1, -0.05) is 36.4 Å². The molecule has 2 N–H and O–H groups in total. The van der Waals surface area contributed by atoms with Crippen LogP contribution in [0.1, 0.15) is 28.3 Å². The molecule has 1 unspecified atom stereocenters. The maximum Gasteiger partial charge on any atom is 0.126 e. The van der Waals surface area contributed by atoms with E-state index in [0.717, 1.165) is 18.4 Å². The van der Waals surface area contributed by atoms with E-state index in [4.69, 9.17) is 5.73 Å². The summed E-state index contributed by atoms with van der Waals surface area (Å²) in [6, 6.07) is 13.7. The van der Waals surface area contributed by atoms with E-state index in [1.54, 1.807) is 13.0 Å². The molecule has 0 bridgehead atoms. The molecular weight excluding hydrogens is 237 g/mol. The summed E-state index contributed by atoms with van der Waals surface area (Å²) in [7, 11) is 0. The Hall–Kier alpha value is -1.67. The lowest BCUT2D eigenvalue weighted by Gasteiger charge is -2.19. The third kappa shape index (κ3) is 2.28. The van der Waals surface area contributed by atoms with Gasteiger partial charge in [-0.2, -0.15) is 0 Å². The molecule has 2 heteroatoms. The Kier molecular flexibility index (Phi) is 3.11. The molecule has 0 heterocycles. The van der Waals surface area contributed by atoms with Crippen LogP contribution < -0.4 is 5.73 Å². The zero-order valence-corrected chi connectivity index (χ0v) is 11.1. The van der Waals surface area contributed by atoms with Crippen LogP contribution in [0.25, 0.3) is 0 Å². The number of halogens is 1. The highest BCUT2D eigenvalue weighted by Gasteiger charge is 2.27. The van der Waals surface area contributed by atoms with Gasteiger partial charge in [-0.05, 0) is 54.0 Å². The van der Waals surface area contributed by atoms with Gasteiger partial charge in [-0.15, -0.1) is 0 Å². The molecule has 98 valence electrons. The molecule has 3 rings (SSSR count). The van der Waals surface area contributed by atoms with Crippen LogP contribution in [-0.2, 0) is 12.8 Å². The normalized spacial score (nSPS) is 16.4. The van der Waals surface area contributed by atoms with Crippen LogP contribution in [0.15, 0.2) is 42.5 Å². The van der Waals surface area contributed by atoms with E-state index in [1.165, 1.54) is 11.1 Å². The van der Waals surface area contributed by atoms with Gasteiger partial charge in [-0.25, -0.2) is 4.39 Å². The predicted molar refractivity (Wildman–Crippen MR) is 75.4 cm³/mol. The van der Waals surface area contributed by atoms with E-state index >= 15 is 0 Å². The first-order valence-corrected chi connectivity index (χ1v) is 6.73. The van der Waals surface area contributed by atoms with Crippen molar-refractivity contribution in [2.45, 2.75) is 25.8 Å². The van der Waals surface area contributed by atoms with Crippen LogP contribution in [0.4, 0.5) is 4.39 Å². The number of aryl methyl sites for hydroxylation is 1. The van der Waals surface area contributed by atoms with Crippen LogP contribution in [0.2, 0.25) is 0 Å². The second-order valence-electron chi connectivity index (χ2n) is 5.47. The third-order valence-electron chi connectivity index (χ3n) is 4.17. The van der Waals surface area contributed by atoms with Gasteiger partial charge in [0, 0.05) is 6.04 Å². The molecule has 0 aromatic heterocycles. The minimum Gasteiger partial charge on any atom is -0.324 e. The molecule has 0 amide bonds. The summed E-state index contributed by atoms with van der Waals surface area (Å²) in [5.41, 5.74) is 10.7. The summed E-state index contributed by atoms with van der Waals surface area (Å²) < 4.78 is 13.6. The van der Waals surface area contributed by atoms with Crippen LogP contribution in [0.5, 0.6) is 0 Å². The number of hydrogen-bond donors (Lipinski definition) is 1. The average Bonchev–Trinajstić information content (AvgIpc) is 2.85. The minimum atomic E-state index is -0.163. The second kappa shape index (κ2) is 4.78. The van der Waals surface area contributed by atoms with E-state index in [0.29, 0.717) is 11.5 Å². The van der Waals surface area contributed by atoms with Crippen molar-refractivity contribution in [2.75, 3.05) is 0 Å². The van der Waals surface area contributed by atoms with E-state index in [1.807, 2.05) is 12.1 Å². The van der Waals surface area contributed by atoms with Gasteiger partial charge in [0.15, 0.2) is 0 Å². The van der Waals surface area contributed by atoms with Gasteiger partial charge >= 0.3 is 0 Å². The summed E-state index contributed by atoms with van der Waals surface area (Å²) in [5.74, 6) is 0.211. The van der Waals surface area contributed by atoms with Gasteiger partial charge in [0.1, 0.15) is 5.82 Å². The van der Waals surface area contributed by atoms with E-state index in [9.17, 15) is 4.39 Å². The van der Waals surface area contributed by atoms with Gasteiger partial charge in [0.25, 0.3) is 0 Å². The molecule has 1 atom stereocenters. The van der Waals surface area contributed by atoms with E-state index in [-0.39, 0.29) is 11.9 Å². The molecule has 1 nitrogen and oxygen atoms in total. The number of benzene rings is 2.